The van der Waals surface area contributed by atoms with E-state index in [2.05, 4.69) is 0 Å². The summed E-state index contributed by atoms with van der Waals surface area (Å²) in [6.45, 7) is 3.02. The van der Waals surface area contributed by atoms with E-state index >= 15 is 0 Å². The molecule has 0 aromatic heterocycles. The molecule has 2 aromatic carbocycles. The third kappa shape index (κ3) is 6.15. The van der Waals surface area contributed by atoms with Crippen LogP contribution in [0.2, 0.25) is 0 Å². The molecule has 6 atom stereocenters. The largest absolute Gasteiger partial charge is 0.394 e. The second-order valence-corrected chi connectivity index (χ2v) is 8.90. The van der Waals surface area contributed by atoms with Gasteiger partial charge < -0.3 is 29.9 Å². The van der Waals surface area contributed by atoms with Gasteiger partial charge in [0.05, 0.1) is 6.61 Å². The molecule has 34 heavy (non-hydrogen) atoms. The molecule has 0 radical (unpaired) electrons. The number of ether oxygens (including phenoxy) is 2. The lowest BCUT2D eigenvalue weighted by atomic mass is 9.83. The van der Waals surface area contributed by atoms with Gasteiger partial charge >= 0.3 is 0 Å². The predicted molar refractivity (Wildman–Crippen MR) is 123 cm³/mol. The monoisotopic (exact) mass is 472 g/mol. The average molecular weight is 473 g/mol. The van der Waals surface area contributed by atoms with Crippen LogP contribution in [0.1, 0.15) is 41.3 Å². The van der Waals surface area contributed by atoms with Crippen LogP contribution in [-0.2, 0) is 20.7 Å². The molecule has 8 nitrogen and oxygen atoms in total. The lowest BCUT2D eigenvalue weighted by Gasteiger charge is -2.39. The summed E-state index contributed by atoms with van der Waals surface area (Å²) in [4.78, 5) is 25.5. The van der Waals surface area contributed by atoms with E-state index in [1.165, 1.54) is 0 Å². The summed E-state index contributed by atoms with van der Waals surface area (Å²) in [5, 5.41) is 38.9. The van der Waals surface area contributed by atoms with Gasteiger partial charge in [-0.2, -0.15) is 0 Å². The predicted octanol–water partition coefficient (Wildman–Crippen LogP) is 1.24. The van der Waals surface area contributed by atoms with Crippen LogP contribution in [0.3, 0.4) is 0 Å². The fourth-order valence-corrected chi connectivity index (χ4v) is 4.17. The Hall–Kier alpha value is -2.46. The van der Waals surface area contributed by atoms with E-state index in [1.54, 1.807) is 24.3 Å². The van der Waals surface area contributed by atoms with Gasteiger partial charge in [-0.15, -0.1) is 0 Å². The summed E-state index contributed by atoms with van der Waals surface area (Å²) < 4.78 is 10.5. The molecule has 0 amide bonds. The second kappa shape index (κ2) is 11.8. The number of rotatable bonds is 10. The third-order valence-electron chi connectivity index (χ3n) is 6.05. The second-order valence-electron chi connectivity index (χ2n) is 8.90. The maximum atomic E-state index is 13.0. The quantitative estimate of drug-likeness (QED) is 0.380. The number of carbonyl (C=O) groups is 2. The van der Waals surface area contributed by atoms with Gasteiger partial charge in [-0.3, -0.25) is 9.59 Å². The lowest BCUT2D eigenvalue weighted by Crippen LogP contribution is -2.59. The number of hydrogen-bond acceptors (Lipinski definition) is 8. The third-order valence-corrected chi connectivity index (χ3v) is 6.05. The topological polar surface area (TPSA) is 134 Å². The van der Waals surface area contributed by atoms with Crippen molar-refractivity contribution in [3.8, 4) is 0 Å². The van der Waals surface area contributed by atoms with Crippen molar-refractivity contribution in [2.24, 2.45) is 5.92 Å². The summed E-state index contributed by atoms with van der Waals surface area (Å²) >= 11 is 0. The Balaban J connectivity index is 1.58. The van der Waals surface area contributed by atoms with Gasteiger partial charge in [0.15, 0.2) is 12.1 Å². The molecule has 8 heteroatoms. The lowest BCUT2D eigenvalue weighted by molar-refractivity contribution is -0.298. The highest BCUT2D eigenvalue weighted by atomic mass is 16.7. The standard InChI is InChI=1S/C26H32O8/c1-15(2)22(18-6-4-3-5-7-18)19(28)12-16-8-10-17(11-9-16)20(29)14-33-26-25(32)24(31)23(30)21(13-27)34-26/h3-11,15,21-27,30-32H,12-14H2,1-2H3/t21-,22+,23+,24+,25-,26-/m1/s1. The van der Waals surface area contributed by atoms with Crippen molar-refractivity contribution in [2.45, 2.75) is 56.9 Å². The zero-order valence-corrected chi connectivity index (χ0v) is 19.3. The Bertz CT molecular complexity index is 941. The zero-order valence-electron chi connectivity index (χ0n) is 19.3. The molecular formula is C26H32O8. The summed E-state index contributed by atoms with van der Waals surface area (Å²) in [6, 6.07) is 16.3. The number of hydrogen-bond donors (Lipinski definition) is 4. The summed E-state index contributed by atoms with van der Waals surface area (Å²) in [5.74, 6) is -0.352. The molecule has 1 saturated heterocycles. The van der Waals surface area contributed by atoms with Gasteiger partial charge in [-0.1, -0.05) is 68.4 Å². The molecule has 0 spiro atoms. The van der Waals surface area contributed by atoms with Crippen LogP contribution in [0.4, 0.5) is 0 Å². The molecule has 0 bridgehead atoms. The summed E-state index contributed by atoms with van der Waals surface area (Å²) in [5.41, 5.74) is 2.13. The fourth-order valence-electron chi connectivity index (χ4n) is 4.17. The van der Waals surface area contributed by atoms with Gasteiger partial charge in [-0.25, -0.2) is 0 Å². The van der Waals surface area contributed by atoms with Crippen LogP contribution in [0, 0.1) is 5.92 Å². The van der Waals surface area contributed by atoms with Crippen molar-refractivity contribution in [1.82, 2.24) is 0 Å². The Labute approximate surface area is 198 Å². The van der Waals surface area contributed by atoms with Crippen LogP contribution in [0.15, 0.2) is 54.6 Å². The maximum Gasteiger partial charge on any atom is 0.188 e. The van der Waals surface area contributed by atoms with E-state index in [-0.39, 0.29) is 29.8 Å². The van der Waals surface area contributed by atoms with Gasteiger partial charge in [0.2, 0.25) is 0 Å². The minimum absolute atomic E-state index is 0.103. The number of benzene rings is 2. The average Bonchev–Trinajstić information content (AvgIpc) is 2.83. The van der Waals surface area contributed by atoms with Gasteiger partial charge in [0.25, 0.3) is 0 Å². The van der Waals surface area contributed by atoms with Crippen LogP contribution >= 0.6 is 0 Å². The number of aliphatic hydroxyl groups excluding tert-OH is 4. The van der Waals surface area contributed by atoms with E-state index in [9.17, 15) is 30.0 Å². The molecule has 184 valence electrons. The minimum atomic E-state index is -1.58. The summed E-state index contributed by atoms with van der Waals surface area (Å²) in [6.07, 6.45) is -6.88. The summed E-state index contributed by atoms with van der Waals surface area (Å²) in [7, 11) is 0. The molecular weight excluding hydrogens is 440 g/mol. The van der Waals surface area contributed by atoms with Gasteiger partial charge in [0.1, 0.15) is 36.8 Å². The van der Waals surface area contributed by atoms with Crippen molar-refractivity contribution < 1.29 is 39.5 Å². The van der Waals surface area contributed by atoms with E-state index in [0.29, 0.717) is 5.56 Å². The number of Topliss-reactive ketones (excluding diaryl/α,β-unsaturated/α-hetero) is 2. The van der Waals surface area contributed by atoms with Crippen molar-refractivity contribution in [3.63, 3.8) is 0 Å². The molecule has 1 aliphatic rings. The highest BCUT2D eigenvalue weighted by Gasteiger charge is 2.44. The molecule has 0 saturated carbocycles. The van der Waals surface area contributed by atoms with Gasteiger partial charge in [-0.05, 0) is 17.0 Å². The molecule has 2 aromatic rings. The Morgan fingerprint density at radius 2 is 1.59 bits per heavy atom. The van der Waals surface area contributed by atoms with Crippen molar-refractivity contribution in [3.05, 3.63) is 71.3 Å². The molecule has 1 heterocycles. The van der Waals surface area contributed by atoms with Crippen molar-refractivity contribution in [2.75, 3.05) is 13.2 Å². The molecule has 4 N–H and O–H groups in total. The maximum absolute atomic E-state index is 13.0. The first-order chi connectivity index (χ1) is 16.2. The highest BCUT2D eigenvalue weighted by Crippen LogP contribution is 2.27. The Morgan fingerprint density at radius 1 is 0.941 bits per heavy atom. The Kier molecular flexibility index (Phi) is 9.07. The van der Waals surface area contributed by atoms with Crippen molar-refractivity contribution in [1.29, 1.82) is 0 Å². The first kappa shape index (κ1) is 26.2. The molecule has 1 fully saturated rings. The smallest absolute Gasteiger partial charge is 0.188 e. The van der Waals surface area contributed by atoms with E-state index in [1.807, 2.05) is 44.2 Å². The Morgan fingerprint density at radius 3 is 2.18 bits per heavy atom. The minimum Gasteiger partial charge on any atom is -0.394 e. The molecule has 3 rings (SSSR count). The molecule has 1 aliphatic heterocycles. The zero-order chi connectivity index (χ0) is 24.8. The van der Waals surface area contributed by atoms with Crippen LogP contribution < -0.4 is 0 Å². The van der Waals surface area contributed by atoms with E-state index < -0.39 is 43.9 Å². The normalized spacial score (nSPS) is 25.8. The highest BCUT2D eigenvalue weighted by molar-refractivity contribution is 5.97. The number of ketones is 2. The van der Waals surface area contributed by atoms with E-state index in [4.69, 9.17) is 9.47 Å². The van der Waals surface area contributed by atoms with E-state index in [0.717, 1.165) is 11.1 Å². The molecule has 0 unspecified atom stereocenters. The SMILES string of the molecule is CC(C)[C@H](C(=O)Cc1ccc(C(=O)CO[C@@H]2O[C@H](CO)[C@H](O)[C@H](O)[C@H]2O)cc1)c1ccccc1. The first-order valence-corrected chi connectivity index (χ1v) is 11.3. The number of carbonyl (C=O) groups excluding carboxylic acids is 2. The van der Waals surface area contributed by atoms with Crippen LogP contribution in [0.5, 0.6) is 0 Å². The first-order valence-electron chi connectivity index (χ1n) is 11.3. The number of aliphatic hydroxyl groups is 4. The van der Waals surface area contributed by atoms with Gasteiger partial charge in [0, 0.05) is 17.9 Å². The van der Waals surface area contributed by atoms with Crippen LogP contribution in [0.25, 0.3) is 0 Å². The fraction of sp³-hybridized carbons (Fsp3) is 0.462. The molecule has 0 aliphatic carbocycles. The van der Waals surface area contributed by atoms with Crippen molar-refractivity contribution >= 4 is 11.6 Å². The van der Waals surface area contributed by atoms with Crippen LogP contribution in [-0.4, -0.2) is 75.9 Å².